The second kappa shape index (κ2) is 9.30. The summed E-state index contributed by atoms with van der Waals surface area (Å²) in [5.74, 6) is 1.01. The molecule has 2 aromatic carbocycles. The number of rotatable bonds is 8. The lowest BCUT2D eigenvalue weighted by Crippen LogP contribution is -2.30. The Morgan fingerprint density at radius 2 is 1.68 bits per heavy atom. The van der Waals surface area contributed by atoms with Crippen LogP contribution in [0.15, 0.2) is 54.6 Å². The molecule has 0 aliphatic carbocycles. The van der Waals surface area contributed by atoms with Gasteiger partial charge in [0.15, 0.2) is 0 Å². The Morgan fingerprint density at radius 3 is 2.25 bits per heavy atom. The Hall–Kier alpha value is -2.24. The van der Waals surface area contributed by atoms with Gasteiger partial charge in [-0.05, 0) is 36.5 Å². The monoisotopic (exact) mass is 395 g/mol. The van der Waals surface area contributed by atoms with Gasteiger partial charge in [0.05, 0.1) is 22.4 Å². The molecule has 28 heavy (non-hydrogen) atoms. The molecule has 1 atom stereocenters. The van der Waals surface area contributed by atoms with Crippen LogP contribution >= 0.6 is 0 Å². The largest absolute Gasteiger partial charge is 0.282 e. The first-order chi connectivity index (χ1) is 13.4. The lowest BCUT2D eigenvalue weighted by molar-refractivity contribution is 0.384. The van der Waals surface area contributed by atoms with Gasteiger partial charge in [-0.3, -0.25) is 5.10 Å². The molecule has 4 nitrogen and oxygen atoms in total. The number of hydrogen-bond donors (Lipinski definition) is 1. The summed E-state index contributed by atoms with van der Waals surface area (Å²) < 4.78 is 15.1. The van der Waals surface area contributed by atoms with Crippen molar-refractivity contribution < 1.29 is 4.21 Å². The molecule has 1 unspecified atom stereocenters. The van der Waals surface area contributed by atoms with E-state index in [-0.39, 0.29) is 0 Å². The second-order valence-corrected chi connectivity index (χ2v) is 9.12. The Kier molecular flexibility index (Phi) is 6.81. The summed E-state index contributed by atoms with van der Waals surface area (Å²) in [6.07, 6.45) is 0. The average molecular weight is 396 g/mol. The van der Waals surface area contributed by atoms with Gasteiger partial charge in [0.1, 0.15) is 0 Å². The zero-order chi connectivity index (χ0) is 20.1. The molecule has 3 aromatic rings. The Morgan fingerprint density at radius 1 is 1.00 bits per heavy atom. The molecule has 0 bridgehead atoms. The summed E-state index contributed by atoms with van der Waals surface area (Å²) in [4.78, 5) is 0. The third kappa shape index (κ3) is 5.18. The summed E-state index contributed by atoms with van der Waals surface area (Å²) in [6, 6.07) is 18.6. The minimum absolute atomic E-state index is 0.454. The van der Waals surface area contributed by atoms with Gasteiger partial charge in [0.25, 0.3) is 0 Å². The van der Waals surface area contributed by atoms with Crippen molar-refractivity contribution in [1.29, 1.82) is 0 Å². The van der Waals surface area contributed by atoms with Crippen LogP contribution in [0.2, 0.25) is 0 Å². The normalized spacial score (nSPS) is 12.6. The zero-order valence-corrected chi connectivity index (χ0v) is 17.9. The zero-order valence-electron chi connectivity index (χ0n) is 17.1. The molecule has 5 heteroatoms. The molecule has 0 saturated carbocycles. The van der Waals surface area contributed by atoms with Gasteiger partial charge in [-0.15, -0.1) is 0 Å². The first-order valence-corrected chi connectivity index (χ1v) is 11.0. The van der Waals surface area contributed by atoms with Crippen LogP contribution in [0.1, 0.15) is 36.4 Å². The predicted molar refractivity (Wildman–Crippen MR) is 117 cm³/mol. The van der Waals surface area contributed by atoms with Gasteiger partial charge in [0, 0.05) is 24.3 Å². The van der Waals surface area contributed by atoms with E-state index in [0.29, 0.717) is 18.2 Å². The van der Waals surface area contributed by atoms with Crippen LogP contribution in [0.5, 0.6) is 0 Å². The van der Waals surface area contributed by atoms with Crippen molar-refractivity contribution in [3.8, 4) is 11.1 Å². The van der Waals surface area contributed by atoms with Crippen molar-refractivity contribution >= 4 is 11.0 Å². The molecule has 0 aliphatic rings. The highest BCUT2D eigenvalue weighted by Crippen LogP contribution is 2.26. The quantitative estimate of drug-likeness (QED) is 0.582. The Balaban J connectivity index is 1.74. The van der Waals surface area contributed by atoms with E-state index < -0.39 is 11.0 Å². The topological polar surface area (TPSA) is 49.0 Å². The second-order valence-electron chi connectivity index (χ2n) is 7.67. The van der Waals surface area contributed by atoms with Gasteiger partial charge in [-0.1, -0.05) is 68.4 Å². The molecule has 148 valence electrons. The van der Waals surface area contributed by atoms with Crippen molar-refractivity contribution in [3.63, 3.8) is 0 Å². The lowest BCUT2D eigenvalue weighted by atomic mass is 10.0. The molecule has 0 radical (unpaired) electrons. The fraction of sp³-hybridized carbons (Fsp3) is 0.348. The highest BCUT2D eigenvalue weighted by atomic mass is 32.2. The fourth-order valence-corrected chi connectivity index (χ4v) is 4.81. The molecule has 0 amide bonds. The van der Waals surface area contributed by atoms with E-state index in [0.717, 1.165) is 29.1 Å². The number of H-pyrrole nitrogens is 1. The molecule has 3 rings (SSSR count). The maximum absolute atomic E-state index is 13.0. The number of aromatic amines is 1. The van der Waals surface area contributed by atoms with Crippen LogP contribution in [-0.4, -0.2) is 25.3 Å². The molecule has 1 aromatic heterocycles. The molecular weight excluding hydrogens is 366 g/mol. The highest BCUT2D eigenvalue weighted by Gasteiger charge is 2.16. The van der Waals surface area contributed by atoms with Gasteiger partial charge in [-0.2, -0.15) is 5.10 Å². The average Bonchev–Trinajstić information content (AvgIpc) is 3.01. The highest BCUT2D eigenvalue weighted by molar-refractivity contribution is 7.81. The molecule has 0 spiro atoms. The van der Waals surface area contributed by atoms with Crippen LogP contribution in [0.3, 0.4) is 0 Å². The van der Waals surface area contributed by atoms with Crippen LogP contribution in [0.4, 0.5) is 0 Å². The lowest BCUT2D eigenvalue weighted by Gasteiger charge is -2.23. The summed E-state index contributed by atoms with van der Waals surface area (Å²) in [5, 5.41) is 7.33. The van der Waals surface area contributed by atoms with E-state index in [2.05, 4.69) is 52.6 Å². The van der Waals surface area contributed by atoms with Crippen molar-refractivity contribution in [2.75, 3.05) is 6.54 Å². The molecule has 1 N–H and O–H groups in total. The first-order valence-electron chi connectivity index (χ1n) is 9.72. The van der Waals surface area contributed by atoms with Gasteiger partial charge in [-0.25, -0.2) is 8.51 Å². The van der Waals surface area contributed by atoms with Gasteiger partial charge < -0.3 is 0 Å². The number of aryl methyl sites for hydroxylation is 2. The molecule has 1 heterocycles. The molecule has 0 fully saturated rings. The Labute approximate surface area is 170 Å². The van der Waals surface area contributed by atoms with Crippen LogP contribution < -0.4 is 0 Å². The SMILES string of the molecule is Cc1n[nH]c(C)c1-c1ccc(CN(CC(C)C)S(=O)Cc2ccccc2)cc1. The van der Waals surface area contributed by atoms with E-state index >= 15 is 0 Å². The van der Waals surface area contributed by atoms with Crippen molar-refractivity contribution in [2.24, 2.45) is 5.92 Å². The fourth-order valence-electron chi connectivity index (χ4n) is 3.39. The van der Waals surface area contributed by atoms with Crippen LogP contribution in [0, 0.1) is 19.8 Å². The van der Waals surface area contributed by atoms with E-state index in [1.54, 1.807) is 0 Å². The standard InChI is InChI=1S/C23H29N3OS/c1-17(2)14-26(28(27)16-21-8-6-5-7-9-21)15-20-10-12-22(13-11-20)23-18(3)24-25-19(23)4/h5-13,17H,14-16H2,1-4H3,(H,24,25). The van der Waals surface area contributed by atoms with Crippen molar-refractivity contribution in [3.05, 3.63) is 77.1 Å². The number of aromatic nitrogens is 2. The number of nitrogens with zero attached hydrogens (tertiary/aromatic N) is 2. The first kappa shape index (κ1) is 20.5. The summed E-state index contributed by atoms with van der Waals surface area (Å²) in [7, 11) is -1.05. The summed E-state index contributed by atoms with van der Waals surface area (Å²) in [6.45, 7) is 9.88. The van der Waals surface area contributed by atoms with Crippen molar-refractivity contribution in [2.45, 2.75) is 40.0 Å². The predicted octanol–water partition coefficient (Wildman–Crippen LogP) is 5.02. The van der Waals surface area contributed by atoms with E-state index in [4.69, 9.17) is 0 Å². The van der Waals surface area contributed by atoms with Gasteiger partial charge in [0.2, 0.25) is 0 Å². The molecule has 0 aliphatic heterocycles. The van der Waals surface area contributed by atoms with E-state index in [9.17, 15) is 4.21 Å². The maximum atomic E-state index is 13.0. The summed E-state index contributed by atoms with van der Waals surface area (Å²) in [5.41, 5.74) is 6.69. The van der Waals surface area contributed by atoms with Gasteiger partial charge >= 0.3 is 0 Å². The minimum atomic E-state index is -1.05. The minimum Gasteiger partial charge on any atom is -0.282 e. The number of hydrogen-bond acceptors (Lipinski definition) is 2. The van der Waals surface area contributed by atoms with Crippen LogP contribution in [0.25, 0.3) is 11.1 Å². The molecule has 0 saturated heterocycles. The number of benzene rings is 2. The van der Waals surface area contributed by atoms with Crippen LogP contribution in [-0.2, 0) is 23.3 Å². The third-order valence-electron chi connectivity index (χ3n) is 4.72. The third-order valence-corrected chi connectivity index (χ3v) is 6.15. The smallest absolute Gasteiger partial charge is 0.0990 e. The summed E-state index contributed by atoms with van der Waals surface area (Å²) >= 11 is 0. The van der Waals surface area contributed by atoms with E-state index in [1.165, 1.54) is 11.1 Å². The molecular formula is C23H29N3OS. The van der Waals surface area contributed by atoms with E-state index in [1.807, 2.05) is 44.2 Å². The van der Waals surface area contributed by atoms with Crippen molar-refractivity contribution in [1.82, 2.24) is 14.5 Å². The maximum Gasteiger partial charge on any atom is 0.0990 e. The Bertz CT molecular complexity index is 897. The number of nitrogens with one attached hydrogen (secondary N) is 1.